The van der Waals surface area contributed by atoms with Crippen molar-refractivity contribution >= 4 is 29.0 Å². The predicted molar refractivity (Wildman–Crippen MR) is 135 cm³/mol. The van der Waals surface area contributed by atoms with Gasteiger partial charge in [0.25, 0.3) is 0 Å². The van der Waals surface area contributed by atoms with Crippen LogP contribution in [0.15, 0.2) is 23.8 Å². The van der Waals surface area contributed by atoms with Crippen molar-refractivity contribution in [1.29, 1.82) is 0 Å². The van der Waals surface area contributed by atoms with Crippen molar-refractivity contribution in [2.45, 2.75) is 50.2 Å². The van der Waals surface area contributed by atoms with Crippen LogP contribution in [-0.2, 0) is 25.6 Å². The molecule has 38 heavy (non-hydrogen) atoms. The SMILES string of the molecule is CN(C)[C@@H]1C(=O)C(C(N)=O)C(=O)[C@@]2(O)C(=O)C3C(=O)c4c(O)ccc(C#CC5=CCCCC5)c4C[C@H]3C[C@@H]12. The molecule has 9 heteroatoms. The van der Waals surface area contributed by atoms with E-state index in [-0.39, 0.29) is 24.2 Å². The molecule has 5 rings (SSSR count). The summed E-state index contributed by atoms with van der Waals surface area (Å²) in [7, 11) is 3.11. The summed E-state index contributed by atoms with van der Waals surface area (Å²) in [5, 5.41) is 22.2. The average molecular weight is 519 g/mol. The van der Waals surface area contributed by atoms with Crippen LogP contribution in [0.5, 0.6) is 5.75 Å². The molecule has 4 aliphatic rings. The number of aliphatic hydroxyl groups is 1. The highest BCUT2D eigenvalue weighted by molar-refractivity contribution is 6.32. The Balaban J connectivity index is 1.60. The van der Waals surface area contributed by atoms with Crippen molar-refractivity contribution in [3.05, 3.63) is 40.5 Å². The first-order chi connectivity index (χ1) is 18.0. The minimum Gasteiger partial charge on any atom is -0.507 e. The van der Waals surface area contributed by atoms with Gasteiger partial charge in [0.1, 0.15) is 5.75 Å². The van der Waals surface area contributed by atoms with Crippen LogP contribution in [0.1, 0.15) is 53.6 Å². The zero-order valence-electron chi connectivity index (χ0n) is 21.3. The summed E-state index contributed by atoms with van der Waals surface area (Å²) < 4.78 is 0. The number of hydrogen-bond acceptors (Lipinski definition) is 8. The molecule has 4 N–H and O–H groups in total. The Bertz CT molecular complexity index is 1380. The maximum atomic E-state index is 13.8. The molecule has 1 aromatic carbocycles. The van der Waals surface area contributed by atoms with Gasteiger partial charge in [-0.25, -0.2) is 0 Å². The molecule has 0 aromatic heterocycles. The van der Waals surface area contributed by atoms with Gasteiger partial charge in [-0.3, -0.25) is 28.9 Å². The van der Waals surface area contributed by atoms with Gasteiger partial charge in [-0.1, -0.05) is 17.9 Å². The highest BCUT2D eigenvalue weighted by atomic mass is 16.3. The van der Waals surface area contributed by atoms with Crippen molar-refractivity contribution in [2.75, 3.05) is 14.1 Å². The third-order valence-electron chi connectivity index (χ3n) is 8.59. The maximum absolute atomic E-state index is 13.8. The Kier molecular flexibility index (Phi) is 6.36. The molecule has 9 nitrogen and oxygen atoms in total. The highest BCUT2D eigenvalue weighted by Crippen LogP contribution is 2.50. The van der Waals surface area contributed by atoms with Gasteiger partial charge in [0.05, 0.1) is 17.5 Å². The molecule has 0 aliphatic heterocycles. The molecule has 1 aromatic rings. The zero-order valence-corrected chi connectivity index (χ0v) is 21.3. The number of likely N-dealkylation sites (N-methyl/N-ethyl adjacent to an activating group) is 1. The number of amides is 1. The van der Waals surface area contributed by atoms with Gasteiger partial charge in [0.15, 0.2) is 34.7 Å². The monoisotopic (exact) mass is 518 g/mol. The molecule has 0 heterocycles. The number of nitrogens with zero attached hydrogens (tertiary/aromatic N) is 1. The second-order valence-corrected chi connectivity index (χ2v) is 11.0. The Morgan fingerprint density at radius 1 is 1.11 bits per heavy atom. The lowest BCUT2D eigenvalue weighted by atomic mass is 9.52. The molecule has 6 atom stereocenters. The van der Waals surface area contributed by atoms with Crippen LogP contribution in [0.25, 0.3) is 0 Å². The Morgan fingerprint density at radius 2 is 1.84 bits per heavy atom. The molecule has 198 valence electrons. The van der Waals surface area contributed by atoms with Crippen molar-refractivity contribution in [1.82, 2.24) is 4.90 Å². The third kappa shape index (κ3) is 3.74. The first kappa shape index (κ1) is 26.0. The number of fused-ring (bicyclic) bond motifs is 3. The molecule has 4 aliphatic carbocycles. The fraction of sp³-hybridized carbons (Fsp3) is 0.483. The van der Waals surface area contributed by atoms with Crippen LogP contribution >= 0.6 is 0 Å². The number of rotatable bonds is 2. The topological polar surface area (TPSA) is 155 Å². The average Bonchev–Trinajstić information content (AvgIpc) is 2.86. The van der Waals surface area contributed by atoms with Gasteiger partial charge in [-0.15, -0.1) is 0 Å². The van der Waals surface area contributed by atoms with Gasteiger partial charge in [-0.2, -0.15) is 0 Å². The summed E-state index contributed by atoms with van der Waals surface area (Å²) in [5.41, 5.74) is 4.68. The van der Waals surface area contributed by atoms with Gasteiger partial charge in [0, 0.05) is 11.5 Å². The fourth-order valence-electron chi connectivity index (χ4n) is 6.82. The summed E-state index contributed by atoms with van der Waals surface area (Å²) in [4.78, 5) is 67.5. The third-order valence-corrected chi connectivity index (χ3v) is 8.59. The standard InChI is InChI=1S/C29H30N2O7/c1-31(2)23-18-13-16-12-17-15(9-8-14-6-4-3-5-7-14)10-11-19(32)21(17)24(33)20(16)26(35)29(18,38)27(36)22(25(23)34)28(30)37/h6,10-11,16,18,20,22-23,32,38H,3-5,7,12-13H2,1-2H3,(H2,30,37)/t16-,18-,20?,22?,23-,29-/m0/s1. The van der Waals surface area contributed by atoms with Gasteiger partial charge in [0.2, 0.25) is 5.91 Å². The summed E-state index contributed by atoms with van der Waals surface area (Å²) in [6.45, 7) is 0. The molecule has 0 bridgehead atoms. The molecule has 2 unspecified atom stereocenters. The van der Waals surface area contributed by atoms with Gasteiger partial charge >= 0.3 is 0 Å². The van der Waals surface area contributed by atoms with Crippen LogP contribution in [-0.4, -0.2) is 69.9 Å². The van der Waals surface area contributed by atoms with Crippen LogP contribution < -0.4 is 5.73 Å². The van der Waals surface area contributed by atoms with E-state index in [1.54, 1.807) is 20.2 Å². The largest absolute Gasteiger partial charge is 0.507 e. The predicted octanol–water partition coefficient (Wildman–Crippen LogP) is 0.719. The smallest absolute Gasteiger partial charge is 0.235 e. The fourth-order valence-corrected chi connectivity index (χ4v) is 6.82. The number of carbonyl (C=O) groups is 5. The number of phenolic OH excluding ortho intramolecular Hbond substituents is 1. The number of primary amides is 1. The molecular formula is C29H30N2O7. The van der Waals surface area contributed by atoms with Crippen LogP contribution in [0.2, 0.25) is 0 Å². The van der Waals surface area contributed by atoms with E-state index in [1.807, 2.05) is 0 Å². The second-order valence-electron chi connectivity index (χ2n) is 11.0. The number of Topliss-reactive ketones (excluding diaryl/α,β-unsaturated/α-hetero) is 4. The highest BCUT2D eigenvalue weighted by Gasteiger charge is 2.69. The summed E-state index contributed by atoms with van der Waals surface area (Å²) in [6.07, 6.45) is 6.34. The van der Waals surface area contributed by atoms with Gasteiger partial charge in [-0.05, 0) is 81.8 Å². The van der Waals surface area contributed by atoms with Crippen LogP contribution in [0, 0.1) is 35.5 Å². The Morgan fingerprint density at radius 3 is 2.47 bits per heavy atom. The van der Waals surface area contributed by atoms with Crippen LogP contribution in [0.3, 0.4) is 0 Å². The first-order valence-electron chi connectivity index (χ1n) is 12.9. The number of benzene rings is 1. The second kappa shape index (κ2) is 9.29. The van der Waals surface area contributed by atoms with Crippen LogP contribution in [0.4, 0.5) is 0 Å². The molecule has 1 amide bonds. The summed E-state index contributed by atoms with van der Waals surface area (Å²) in [6, 6.07) is 1.88. The molecule has 0 saturated heterocycles. The van der Waals surface area contributed by atoms with Crippen molar-refractivity contribution < 1.29 is 34.2 Å². The lowest BCUT2D eigenvalue weighted by molar-refractivity contribution is -0.181. The van der Waals surface area contributed by atoms with Crippen molar-refractivity contribution in [3.8, 4) is 17.6 Å². The number of hydrogen-bond donors (Lipinski definition) is 3. The van der Waals surface area contributed by atoms with E-state index in [0.717, 1.165) is 31.3 Å². The van der Waals surface area contributed by atoms with E-state index in [9.17, 15) is 34.2 Å². The van der Waals surface area contributed by atoms with E-state index in [4.69, 9.17) is 5.73 Å². The number of nitrogens with two attached hydrogens (primary N) is 1. The number of carbonyl (C=O) groups excluding carboxylic acids is 5. The van der Waals surface area contributed by atoms with Gasteiger partial charge < -0.3 is 15.9 Å². The number of ketones is 4. The minimum atomic E-state index is -2.72. The quantitative estimate of drug-likeness (QED) is 0.382. The number of aromatic hydroxyl groups is 1. The van der Waals surface area contributed by atoms with E-state index in [0.29, 0.717) is 11.1 Å². The van der Waals surface area contributed by atoms with E-state index >= 15 is 0 Å². The van der Waals surface area contributed by atoms with Crippen molar-refractivity contribution in [2.24, 2.45) is 29.4 Å². The summed E-state index contributed by atoms with van der Waals surface area (Å²) in [5.74, 6) is -4.21. The Hall–Kier alpha value is -3.61. The van der Waals surface area contributed by atoms with Crippen molar-refractivity contribution in [3.63, 3.8) is 0 Å². The lowest BCUT2D eigenvalue weighted by Crippen LogP contribution is -2.74. The minimum absolute atomic E-state index is 0.0115. The number of allylic oxidation sites excluding steroid dienone is 2. The molecule has 0 radical (unpaired) electrons. The molecular weight excluding hydrogens is 488 g/mol. The number of phenols is 1. The molecule has 2 fully saturated rings. The van der Waals surface area contributed by atoms with E-state index in [2.05, 4.69) is 17.9 Å². The lowest BCUT2D eigenvalue weighted by Gasteiger charge is -2.52. The summed E-state index contributed by atoms with van der Waals surface area (Å²) >= 11 is 0. The maximum Gasteiger partial charge on any atom is 0.235 e. The van der Waals surface area contributed by atoms with E-state index in [1.165, 1.54) is 11.0 Å². The Labute approximate surface area is 220 Å². The normalized spacial score (nSPS) is 32.5. The molecule has 2 saturated carbocycles. The molecule has 0 spiro atoms. The zero-order chi connectivity index (χ0) is 27.5. The first-order valence-corrected chi connectivity index (χ1v) is 12.9. The van der Waals surface area contributed by atoms with E-state index < -0.39 is 64.4 Å².